The molecule has 2 aliphatic rings. The van der Waals surface area contributed by atoms with Gasteiger partial charge in [-0.15, -0.1) is 0 Å². The predicted molar refractivity (Wildman–Crippen MR) is 86.8 cm³/mol. The Kier molecular flexibility index (Phi) is 3.49. The van der Waals surface area contributed by atoms with Gasteiger partial charge in [0.1, 0.15) is 11.5 Å². The summed E-state index contributed by atoms with van der Waals surface area (Å²) in [6.45, 7) is 2.21. The van der Waals surface area contributed by atoms with Gasteiger partial charge in [-0.2, -0.15) is 0 Å². The normalized spacial score (nSPS) is 27.2. The minimum atomic E-state index is -0.619. The highest BCUT2D eigenvalue weighted by molar-refractivity contribution is 5.76. The second-order valence-corrected chi connectivity index (χ2v) is 6.85. The van der Waals surface area contributed by atoms with Crippen LogP contribution in [-0.4, -0.2) is 29.1 Å². The molecule has 1 aromatic carbocycles. The van der Waals surface area contributed by atoms with E-state index in [-0.39, 0.29) is 0 Å². The van der Waals surface area contributed by atoms with Gasteiger partial charge in [0.05, 0.1) is 12.0 Å². The molecule has 0 radical (unpaired) electrons. The van der Waals surface area contributed by atoms with Crippen LogP contribution in [-0.2, 0) is 11.3 Å². The Labute approximate surface area is 135 Å². The first-order valence-electron chi connectivity index (χ1n) is 8.27. The number of carboxylic acid groups (broad SMARTS) is 1. The largest absolute Gasteiger partial charge is 0.481 e. The quantitative estimate of drug-likeness (QED) is 0.936. The van der Waals surface area contributed by atoms with Crippen molar-refractivity contribution in [1.29, 1.82) is 0 Å². The second-order valence-electron chi connectivity index (χ2n) is 6.85. The number of fused-ring (bicyclic) bond motifs is 1. The molecular formula is C19H21NO3. The van der Waals surface area contributed by atoms with Crippen molar-refractivity contribution in [2.45, 2.75) is 25.8 Å². The number of carboxylic acids is 1. The lowest BCUT2D eigenvalue weighted by atomic mass is 9.81. The van der Waals surface area contributed by atoms with Crippen LogP contribution in [0.1, 0.15) is 25.0 Å². The zero-order chi connectivity index (χ0) is 15.9. The van der Waals surface area contributed by atoms with Crippen LogP contribution in [0.25, 0.3) is 11.3 Å². The molecule has 1 N–H and O–H groups in total. The summed E-state index contributed by atoms with van der Waals surface area (Å²) in [6.07, 6.45) is 2.90. The lowest BCUT2D eigenvalue weighted by molar-refractivity contribution is -0.149. The Morgan fingerprint density at radius 2 is 2.09 bits per heavy atom. The van der Waals surface area contributed by atoms with Gasteiger partial charge < -0.3 is 9.52 Å². The summed E-state index contributed by atoms with van der Waals surface area (Å²) in [4.78, 5) is 14.0. The van der Waals surface area contributed by atoms with Crippen LogP contribution >= 0.6 is 0 Å². The number of hydrogen-bond acceptors (Lipinski definition) is 3. The second kappa shape index (κ2) is 5.53. The first kappa shape index (κ1) is 14.5. The number of nitrogens with zero attached hydrogens (tertiary/aromatic N) is 1. The fraction of sp³-hybridized carbons (Fsp3) is 0.421. The fourth-order valence-electron chi connectivity index (χ4n) is 4.30. The highest BCUT2D eigenvalue weighted by Gasteiger charge is 2.54. The molecule has 0 bridgehead atoms. The monoisotopic (exact) mass is 311 g/mol. The molecule has 1 saturated carbocycles. The topological polar surface area (TPSA) is 53.7 Å². The summed E-state index contributed by atoms with van der Waals surface area (Å²) < 4.78 is 5.96. The van der Waals surface area contributed by atoms with Crippen LogP contribution in [0.15, 0.2) is 46.9 Å². The Morgan fingerprint density at radius 1 is 1.26 bits per heavy atom. The summed E-state index contributed by atoms with van der Waals surface area (Å²) in [5.41, 5.74) is 0.550. The molecule has 1 aliphatic carbocycles. The van der Waals surface area contributed by atoms with Crippen LogP contribution in [0.3, 0.4) is 0 Å². The highest BCUT2D eigenvalue weighted by Crippen LogP contribution is 2.49. The summed E-state index contributed by atoms with van der Waals surface area (Å²) in [6, 6.07) is 14.0. The Balaban J connectivity index is 1.48. The van der Waals surface area contributed by atoms with Gasteiger partial charge in [-0.1, -0.05) is 36.8 Å². The van der Waals surface area contributed by atoms with Crippen molar-refractivity contribution in [2.75, 3.05) is 13.1 Å². The molecule has 1 aromatic heterocycles. The number of benzene rings is 1. The zero-order valence-electron chi connectivity index (χ0n) is 13.1. The molecule has 2 fully saturated rings. The molecule has 0 amide bonds. The molecule has 0 spiro atoms. The molecule has 120 valence electrons. The Morgan fingerprint density at radius 3 is 2.83 bits per heavy atom. The summed E-state index contributed by atoms with van der Waals surface area (Å²) in [5, 5.41) is 9.66. The smallest absolute Gasteiger partial charge is 0.311 e. The third-order valence-electron chi connectivity index (χ3n) is 5.47. The maximum atomic E-state index is 11.7. The SMILES string of the molecule is O=C(O)[C@@]12CCC[C@H]1CN(Cc1ccc(-c3ccccc3)o1)C2. The number of likely N-dealkylation sites (tertiary alicyclic amines) is 1. The molecular weight excluding hydrogens is 290 g/mol. The summed E-state index contributed by atoms with van der Waals surface area (Å²) >= 11 is 0. The molecule has 1 saturated heterocycles. The zero-order valence-corrected chi connectivity index (χ0v) is 13.1. The van der Waals surface area contributed by atoms with Crippen molar-refractivity contribution < 1.29 is 14.3 Å². The standard InChI is InChI=1S/C19H21NO3/c21-18(22)19-10-4-7-15(19)11-20(13-19)12-16-8-9-17(23-16)14-5-2-1-3-6-14/h1-3,5-6,8-9,15H,4,7,10-13H2,(H,21,22)/t15-,19+/m0/s1. The summed E-state index contributed by atoms with van der Waals surface area (Å²) in [7, 11) is 0. The predicted octanol–water partition coefficient (Wildman–Crippen LogP) is 3.63. The van der Waals surface area contributed by atoms with Gasteiger partial charge in [0.15, 0.2) is 0 Å². The first-order chi connectivity index (χ1) is 11.2. The van der Waals surface area contributed by atoms with Gasteiger partial charge in [0, 0.05) is 18.7 Å². The molecule has 4 heteroatoms. The van der Waals surface area contributed by atoms with Gasteiger partial charge in [-0.05, 0) is 30.9 Å². The lowest BCUT2D eigenvalue weighted by Crippen LogP contribution is -2.35. The van der Waals surface area contributed by atoms with E-state index in [4.69, 9.17) is 4.42 Å². The van der Waals surface area contributed by atoms with E-state index in [1.807, 2.05) is 42.5 Å². The number of rotatable bonds is 4. The number of carbonyl (C=O) groups is 1. The average Bonchev–Trinajstić information content (AvgIpc) is 3.22. The van der Waals surface area contributed by atoms with Gasteiger partial charge in [0.25, 0.3) is 0 Å². The van der Waals surface area contributed by atoms with E-state index in [0.717, 1.165) is 42.9 Å². The van der Waals surface area contributed by atoms with E-state index in [1.54, 1.807) is 0 Å². The van der Waals surface area contributed by atoms with Crippen LogP contribution in [0.2, 0.25) is 0 Å². The van der Waals surface area contributed by atoms with Gasteiger partial charge in [-0.25, -0.2) is 0 Å². The van der Waals surface area contributed by atoms with Crippen LogP contribution < -0.4 is 0 Å². The maximum absolute atomic E-state index is 11.7. The van der Waals surface area contributed by atoms with E-state index in [0.29, 0.717) is 19.0 Å². The lowest BCUT2D eigenvalue weighted by Gasteiger charge is -2.23. The van der Waals surface area contributed by atoms with Gasteiger partial charge in [0.2, 0.25) is 0 Å². The minimum absolute atomic E-state index is 0.295. The van der Waals surface area contributed by atoms with Crippen LogP contribution in [0, 0.1) is 11.3 Å². The number of hydrogen-bond donors (Lipinski definition) is 1. The third kappa shape index (κ3) is 2.47. The van der Waals surface area contributed by atoms with Gasteiger partial charge >= 0.3 is 5.97 Å². The van der Waals surface area contributed by atoms with Crippen molar-refractivity contribution in [1.82, 2.24) is 4.90 Å². The molecule has 2 heterocycles. The van der Waals surface area contributed by atoms with Crippen LogP contribution in [0.4, 0.5) is 0 Å². The molecule has 1 aliphatic heterocycles. The van der Waals surface area contributed by atoms with Crippen molar-refractivity contribution in [3.8, 4) is 11.3 Å². The molecule has 23 heavy (non-hydrogen) atoms. The molecule has 0 unspecified atom stereocenters. The van der Waals surface area contributed by atoms with Crippen molar-refractivity contribution >= 4 is 5.97 Å². The minimum Gasteiger partial charge on any atom is -0.481 e. The van der Waals surface area contributed by atoms with Gasteiger partial charge in [-0.3, -0.25) is 9.69 Å². The average molecular weight is 311 g/mol. The molecule has 2 atom stereocenters. The molecule has 4 rings (SSSR count). The number of furan rings is 1. The Hall–Kier alpha value is -2.07. The van der Waals surface area contributed by atoms with E-state index in [9.17, 15) is 9.90 Å². The van der Waals surface area contributed by atoms with Crippen LogP contribution in [0.5, 0.6) is 0 Å². The van der Waals surface area contributed by atoms with Crippen molar-refractivity contribution in [2.24, 2.45) is 11.3 Å². The first-order valence-corrected chi connectivity index (χ1v) is 8.27. The van der Waals surface area contributed by atoms with E-state index >= 15 is 0 Å². The van der Waals surface area contributed by atoms with E-state index in [2.05, 4.69) is 4.90 Å². The molecule has 2 aromatic rings. The summed E-state index contributed by atoms with van der Waals surface area (Å²) in [5.74, 6) is 1.45. The number of aliphatic carboxylic acids is 1. The third-order valence-corrected chi connectivity index (χ3v) is 5.47. The Bertz CT molecular complexity index is 708. The van der Waals surface area contributed by atoms with E-state index in [1.165, 1.54) is 0 Å². The highest BCUT2D eigenvalue weighted by atomic mass is 16.4. The molecule has 4 nitrogen and oxygen atoms in total. The fourth-order valence-corrected chi connectivity index (χ4v) is 4.30. The van der Waals surface area contributed by atoms with Crippen molar-refractivity contribution in [3.63, 3.8) is 0 Å². The van der Waals surface area contributed by atoms with E-state index < -0.39 is 11.4 Å². The van der Waals surface area contributed by atoms with Crippen molar-refractivity contribution in [3.05, 3.63) is 48.2 Å². The maximum Gasteiger partial charge on any atom is 0.311 e.